The maximum absolute atomic E-state index is 12.4. The van der Waals surface area contributed by atoms with E-state index in [2.05, 4.69) is 12.2 Å². The van der Waals surface area contributed by atoms with E-state index in [4.69, 9.17) is 0 Å². The van der Waals surface area contributed by atoms with Crippen LogP contribution >= 0.6 is 23.7 Å². The molecule has 1 aromatic rings. The lowest BCUT2D eigenvalue weighted by Gasteiger charge is -2.27. The molecule has 2 rings (SSSR count). The second kappa shape index (κ2) is 7.12. The molecule has 0 bridgehead atoms. The van der Waals surface area contributed by atoms with Crippen molar-refractivity contribution in [1.29, 1.82) is 0 Å². The number of hydrogen-bond donors (Lipinski definition) is 1. The fourth-order valence-electron chi connectivity index (χ4n) is 2.29. The molecule has 2 heterocycles. The van der Waals surface area contributed by atoms with Crippen LogP contribution in [0.4, 0.5) is 0 Å². The first-order valence-electron chi connectivity index (χ1n) is 6.30. The van der Waals surface area contributed by atoms with E-state index in [0.717, 1.165) is 37.4 Å². The third kappa shape index (κ3) is 3.46. The summed E-state index contributed by atoms with van der Waals surface area (Å²) in [6.07, 6.45) is 2.10. The van der Waals surface area contributed by atoms with E-state index in [0.29, 0.717) is 6.04 Å². The number of nitrogens with zero attached hydrogens (tertiary/aromatic N) is 1. The van der Waals surface area contributed by atoms with Crippen LogP contribution in [0.3, 0.4) is 0 Å². The van der Waals surface area contributed by atoms with Gasteiger partial charge >= 0.3 is 0 Å². The molecule has 0 aliphatic carbocycles. The molecule has 1 aliphatic rings. The molecule has 0 radical (unpaired) electrons. The standard InChI is InChI=1S/C13H20N2OS.ClH/c1-3-8-15(11-6-7-14-9-11)13(16)12-5-4-10(2)17-12;/h4-5,11,14H,3,6-9H2,1-2H3;1H. The smallest absolute Gasteiger partial charge is 0.264 e. The normalized spacial score (nSPS) is 18.4. The molecule has 1 fully saturated rings. The molecular weight excluding hydrogens is 268 g/mol. The average molecular weight is 289 g/mol. The Morgan fingerprint density at radius 2 is 2.33 bits per heavy atom. The van der Waals surface area contributed by atoms with Crippen LogP contribution in [0.2, 0.25) is 0 Å². The third-order valence-electron chi connectivity index (χ3n) is 3.15. The molecule has 1 amide bonds. The Morgan fingerprint density at radius 3 is 2.83 bits per heavy atom. The maximum atomic E-state index is 12.4. The Morgan fingerprint density at radius 1 is 1.56 bits per heavy atom. The summed E-state index contributed by atoms with van der Waals surface area (Å²) in [6.45, 7) is 7.00. The van der Waals surface area contributed by atoms with Crippen molar-refractivity contribution in [2.24, 2.45) is 0 Å². The molecule has 3 nitrogen and oxygen atoms in total. The van der Waals surface area contributed by atoms with Crippen LogP contribution in [-0.4, -0.2) is 36.5 Å². The number of thiophene rings is 1. The zero-order chi connectivity index (χ0) is 12.3. The van der Waals surface area contributed by atoms with E-state index in [9.17, 15) is 4.79 Å². The molecule has 1 aromatic heterocycles. The molecule has 1 aliphatic heterocycles. The van der Waals surface area contributed by atoms with E-state index in [1.165, 1.54) is 4.88 Å². The topological polar surface area (TPSA) is 32.3 Å². The maximum Gasteiger partial charge on any atom is 0.264 e. The largest absolute Gasteiger partial charge is 0.334 e. The van der Waals surface area contributed by atoms with Crippen molar-refractivity contribution in [1.82, 2.24) is 10.2 Å². The first-order chi connectivity index (χ1) is 8.22. The van der Waals surface area contributed by atoms with Gasteiger partial charge in [0, 0.05) is 24.0 Å². The minimum atomic E-state index is 0. The Bertz CT molecular complexity index is 388. The molecule has 0 saturated carbocycles. The Labute approximate surface area is 119 Å². The number of carbonyl (C=O) groups excluding carboxylic acids is 1. The SMILES string of the molecule is CCCN(C(=O)c1ccc(C)s1)C1CCNC1.Cl. The first-order valence-corrected chi connectivity index (χ1v) is 7.12. The number of hydrogen-bond acceptors (Lipinski definition) is 3. The summed E-state index contributed by atoms with van der Waals surface area (Å²) in [5.74, 6) is 0.207. The Hall–Kier alpha value is -0.580. The van der Waals surface area contributed by atoms with Gasteiger partial charge in [-0.05, 0) is 38.4 Å². The summed E-state index contributed by atoms with van der Waals surface area (Å²) in [7, 11) is 0. The van der Waals surface area contributed by atoms with Crippen molar-refractivity contribution < 1.29 is 4.79 Å². The van der Waals surface area contributed by atoms with Crippen LogP contribution in [0, 0.1) is 6.92 Å². The molecule has 1 N–H and O–H groups in total. The van der Waals surface area contributed by atoms with E-state index in [1.54, 1.807) is 11.3 Å². The quantitative estimate of drug-likeness (QED) is 0.924. The molecule has 1 atom stereocenters. The van der Waals surface area contributed by atoms with Gasteiger partial charge in [-0.1, -0.05) is 6.92 Å². The predicted octanol–water partition coefficient (Wildman–Crippen LogP) is 2.69. The summed E-state index contributed by atoms with van der Waals surface area (Å²) in [5, 5.41) is 3.33. The third-order valence-corrected chi connectivity index (χ3v) is 4.14. The molecule has 0 aromatic carbocycles. The number of halogens is 1. The van der Waals surface area contributed by atoms with Crippen molar-refractivity contribution in [2.45, 2.75) is 32.7 Å². The van der Waals surface area contributed by atoms with Crippen LogP contribution in [-0.2, 0) is 0 Å². The molecular formula is C13H21ClN2OS. The number of nitrogens with one attached hydrogen (secondary N) is 1. The van der Waals surface area contributed by atoms with E-state index < -0.39 is 0 Å². The zero-order valence-electron chi connectivity index (χ0n) is 10.9. The highest BCUT2D eigenvalue weighted by Crippen LogP contribution is 2.20. The van der Waals surface area contributed by atoms with Gasteiger partial charge in [0.1, 0.15) is 0 Å². The highest BCUT2D eigenvalue weighted by Gasteiger charge is 2.27. The van der Waals surface area contributed by atoms with Gasteiger partial charge in [0.25, 0.3) is 5.91 Å². The van der Waals surface area contributed by atoms with Crippen molar-refractivity contribution >= 4 is 29.7 Å². The first kappa shape index (κ1) is 15.5. The number of aryl methyl sites for hydroxylation is 1. The van der Waals surface area contributed by atoms with Crippen LogP contribution in [0.5, 0.6) is 0 Å². The fraction of sp³-hybridized carbons (Fsp3) is 0.615. The molecule has 1 saturated heterocycles. The minimum Gasteiger partial charge on any atom is -0.334 e. The lowest BCUT2D eigenvalue weighted by atomic mass is 10.2. The molecule has 102 valence electrons. The predicted molar refractivity (Wildman–Crippen MR) is 78.9 cm³/mol. The zero-order valence-corrected chi connectivity index (χ0v) is 12.6. The van der Waals surface area contributed by atoms with Crippen LogP contribution in [0.25, 0.3) is 0 Å². The van der Waals surface area contributed by atoms with Gasteiger partial charge in [-0.3, -0.25) is 4.79 Å². The van der Waals surface area contributed by atoms with Gasteiger partial charge in [0.15, 0.2) is 0 Å². The molecule has 1 unspecified atom stereocenters. The summed E-state index contributed by atoms with van der Waals surface area (Å²) in [5.41, 5.74) is 0. The van der Waals surface area contributed by atoms with Gasteiger partial charge in [-0.2, -0.15) is 0 Å². The van der Waals surface area contributed by atoms with E-state index in [-0.39, 0.29) is 18.3 Å². The monoisotopic (exact) mass is 288 g/mol. The number of rotatable bonds is 4. The Balaban J connectivity index is 0.00000162. The lowest BCUT2D eigenvalue weighted by Crippen LogP contribution is -2.41. The van der Waals surface area contributed by atoms with Crippen molar-refractivity contribution in [3.8, 4) is 0 Å². The van der Waals surface area contributed by atoms with Crippen molar-refractivity contribution in [3.63, 3.8) is 0 Å². The van der Waals surface area contributed by atoms with Crippen LogP contribution in [0.15, 0.2) is 12.1 Å². The van der Waals surface area contributed by atoms with Gasteiger partial charge < -0.3 is 10.2 Å². The summed E-state index contributed by atoms with van der Waals surface area (Å²) < 4.78 is 0. The molecule has 0 spiro atoms. The number of amides is 1. The van der Waals surface area contributed by atoms with Crippen molar-refractivity contribution in [2.75, 3.05) is 19.6 Å². The number of carbonyl (C=O) groups is 1. The van der Waals surface area contributed by atoms with Gasteiger partial charge in [0.05, 0.1) is 4.88 Å². The second-order valence-corrected chi connectivity index (χ2v) is 5.84. The minimum absolute atomic E-state index is 0. The van der Waals surface area contributed by atoms with Crippen LogP contribution in [0.1, 0.15) is 34.3 Å². The Kier molecular flexibility index (Phi) is 6.12. The summed E-state index contributed by atoms with van der Waals surface area (Å²) >= 11 is 1.60. The van der Waals surface area contributed by atoms with Gasteiger partial charge in [0.2, 0.25) is 0 Å². The molecule has 5 heteroatoms. The highest BCUT2D eigenvalue weighted by molar-refractivity contribution is 7.13. The summed E-state index contributed by atoms with van der Waals surface area (Å²) in [6, 6.07) is 4.35. The van der Waals surface area contributed by atoms with Gasteiger partial charge in [-0.15, -0.1) is 23.7 Å². The van der Waals surface area contributed by atoms with E-state index >= 15 is 0 Å². The fourth-order valence-corrected chi connectivity index (χ4v) is 3.11. The van der Waals surface area contributed by atoms with Gasteiger partial charge in [-0.25, -0.2) is 0 Å². The van der Waals surface area contributed by atoms with Crippen LogP contribution < -0.4 is 5.32 Å². The summed E-state index contributed by atoms with van der Waals surface area (Å²) in [4.78, 5) is 16.6. The highest BCUT2D eigenvalue weighted by atomic mass is 35.5. The van der Waals surface area contributed by atoms with E-state index in [1.807, 2.05) is 24.0 Å². The molecule has 18 heavy (non-hydrogen) atoms. The van der Waals surface area contributed by atoms with Crippen molar-refractivity contribution in [3.05, 3.63) is 21.9 Å². The lowest BCUT2D eigenvalue weighted by molar-refractivity contribution is 0.0697. The average Bonchev–Trinajstić information content (AvgIpc) is 2.95. The second-order valence-electron chi connectivity index (χ2n) is 4.56.